The van der Waals surface area contributed by atoms with E-state index in [9.17, 15) is 19.2 Å². The molecule has 0 radical (unpaired) electrons. The number of anilines is 1. The van der Waals surface area contributed by atoms with Crippen molar-refractivity contribution >= 4 is 23.5 Å². The molecule has 3 N–H and O–H groups in total. The maximum absolute atomic E-state index is 12.6. The molecule has 9 heteroatoms. The van der Waals surface area contributed by atoms with Crippen LogP contribution in [0.5, 0.6) is 5.75 Å². The Balaban J connectivity index is 2.31. The van der Waals surface area contributed by atoms with Gasteiger partial charge in [-0.25, -0.2) is 0 Å². The number of nitrogen functional groups attached to an aromatic ring is 1. The zero-order valence-electron chi connectivity index (χ0n) is 14.3. The molecule has 1 aliphatic rings. The maximum Gasteiger partial charge on any atom is 0.262 e. The van der Waals surface area contributed by atoms with E-state index in [4.69, 9.17) is 10.5 Å². The quantitative estimate of drug-likeness (QED) is 0.747. The lowest BCUT2D eigenvalue weighted by Gasteiger charge is -2.17. The minimum atomic E-state index is -0.685. The molecule has 134 valence electrons. The summed E-state index contributed by atoms with van der Waals surface area (Å²) >= 11 is 0. The molecule has 0 aliphatic carbocycles. The molecule has 0 fully saturated rings. The van der Waals surface area contributed by atoms with Gasteiger partial charge in [0, 0.05) is 25.7 Å². The van der Waals surface area contributed by atoms with Gasteiger partial charge in [0.15, 0.2) is 0 Å². The minimum absolute atomic E-state index is 0.0757. The molecule has 3 amide bonds. The van der Waals surface area contributed by atoms with Crippen molar-refractivity contribution in [3.63, 3.8) is 0 Å². The summed E-state index contributed by atoms with van der Waals surface area (Å²) in [6, 6.07) is 5.55. The van der Waals surface area contributed by atoms with E-state index in [0.29, 0.717) is 5.56 Å². The second-order valence-electron chi connectivity index (χ2n) is 5.86. The Morgan fingerprint density at radius 2 is 1.85 bits per heavy atom. The second kappa shape index (κ2) is 6.03. The number of carbonyl (C=O) groups excluding carboxylic acids is 3. The largest absolute Gasteiger partial charge is 0.495 e. The molecular formula is C17H16N4O5. The van der Waals surface area contributed by atoms with Crippen LogP contribution in [0.4, 0.5) is 5.82 Å². The van der Waals surface area contributed by atoms with Gasteiger partial charge in [0.2, 0.25) is 0 Å². The standard InChI is InChI=1S/C17H16N4O5/c1-20(2)17(25)8-4-5-11(26-3)10(6-8)21-12(22)7-9-13(14(21)18)16(24)19-15(9)23/h4-7H,18H2,1-3H3,(H,19,23,24). The van der Waals surface area contributed by atoms with Crippen molar-refractivity contribution in [2.24, 2.45) is 0 Å². The van der Waals surface area contributed by atoms with E-state index >= 15 is 0 Å². The second-order valence-corrected chi connectivity index (χ2v) is 5.86. The molecule has 0 saturated carbocycles. The number of benzene rings is 1. The first-order chi connectivity index (χ1) is 12.3. The Kier molecular flexibility index (Phi) is 3.99. The summed E-state index contributed by atoms with van der Waals surface area (Å²) in [7, 11) is 4.59. The van der Waals surface area contributed by atoms with Crippen LogP contribution in [0, 0.1) is 0 Å². The summed E-state index contributed by atoms with van der Waals surface area (Å²) in [6.45, 7) is 0. The summed E-state index contributed by atoms with van der Waals surface area (Å²) in [6.07, 6.45) is 0. The number of hydrogen-bond donors (Lipinski definition) is 2. The van der Waals surface area contributed by atoms with E-state index < -0.39 is 17.4 Å². The lowest BCUT2D eigenvalue weighted by Crippen LogP contribution is -2.26. The lowest BCUT2D eigenvalue weighted by atomic mass is 10.1. The van der Waals surface area contributed by atoms with Gasteiger partial charge >= 0.3 is 0 Å². The van der Waals surface area contributed by atoms with Crippen molar-refractivity contribution in [2.75, 3.05) is 26.9 Å². The number of nitrogens with zero attached hydrogens (tertiary/aromatic N) is 2. The molecule has 0 atom stereocenters. The molecule has 9 nitrogen and oxygen atoms in total. The van der Waals surface area contributed by atoms with Crippen molar-refractivity contribution in [3.05, 3.63) is 51.3 Å². The highest BCUT2D eigenvalue weighted by atomic mass is 16.5. The van der Waals surface area contributed by atoms with Gasteiger partial charge in [0.1, 0.15) is 11.6 Å². The lowest BCUT2D eigenvalue weighted by molar-refractivity contribution is 0.0825. The highest BCUT2D eigenvalue weighted by molar-refractivity contribution is 6.23. The Labute approximate surface area is 148 Å². The monoisotopic (exact) mass is 356 g/mol. The Morgan fingerprint density at radius 1 is 1.15 bits per heavy atom. The van der Waals surface area contributed by atoms with E-state index in [2.05, 4.69) is 5.32 Å². The highest BCUT2D eigenvalue weighted by Gasteiger charge is 2.32. The smallest absolute Gasteiger partial charge is 0.262 e. The van der Waals surface area contributed by atoms with Crippen molar-refractivity contribution in [1.29, 1.82) is 0 Å². The zero-order chi connectivity index (χ0) is 19.2. The fourth-order valence-corrected chi connectivity index (χ4v) is 2.78. The van der Waals surface area contributed by atoms with E-state index in [0.717, 1.165) is 10.6 Å². The number of methoxy groups -OCH3 is 1. The van der Waals surface area contributed by atoms with Crippen LogP contribution in [0.3, 0.4) is 0 Å². The number of amides is 3. The number of fused-ring (bicyclic) bond motifs is 1. The summed E-state index contributed by atoms with van der Waals surface area (Å²) < 4.78 is 6.31. The Bertz CT molecular complexity index is 1020. The van der Waals surface area contributed by atoms with Crippen LogP contribution in [0.15, 0.2) is 29.1 Å². The van der Waals surface area contributed by atoms with Crippen molar-refractivity contribution < 1.29 is 19.1 Å². The average molecular weight is 356 g/mol. The van der Waals surface area contributed by atoms with Crippen molar-refractivity contribution in [2.45, 2.75) is 0 Å². The molecule has 1 aliphatic heterocycles. The number of hydrogen-bond acceptors (Lipinski definition) is 6. The van der Waals surface area contributed by atoms with Crippen LogP contribution in [0.2, 0.25) is 0 Å². The molecular weight excluding hydrogens is 340 g/mol. The number of aromatic nitrogens is 1. The SMILES string of the molecule is COc1ccc(C(=O)N(C)C)cc1-n1c(N)c2c(cc1=O)C(=O)NC2=O. The van der Waals surface area contributed by atoms with Crippen LogP contribution in [-0.4, -0.2) is 48.4 Å². The van der Waals surface area contributed by atoms with Gasteiger partial charge < -0.3 is 15.4 Å². The van der Waals surface area contributed by atoms with Gasteiger partial charge in [0.25, 0.3) is 23.3 Å². The van der Waals surface area contributed by atoms with Gasteiger partial charge in [-0.3, -0.25) is 29.1 Å². The summed E-state index contributed by atoms with van der Waals surface area (Å²) in [5, 5.41) is 2.10. The molecule has 2 heterocycles. The number of imide groups is 1. The first kappa shape index (κ1) is 17.2. The predicted octanol–water partition coefficient (Wildman–Crippen LogP) is 0.0137. The van der Waals surface area contributed by atoms with Crippen molar-refractivity contribution in [1.82, 2.24) is 14.8 Å². The third-order valence-corrected chi connectivity index (χ3v) is 4.03. The molecule has 3 rings (SSSR count). The van der Waals surface area contributed by atoms with E-state index in [1.165, 1.54) is 24.1 Å². The average Bonchev–Trinajstić information content (AvgIpc) is 2.87. The van der Waals surface area contributed by atoms with E-state index in [1.807, 2.05) is 0 Å². The molecule has 0 bridgehead atoms. The van der Waals surface area contributed by atoms with Crippen LogP contribution in [0.25, 0.3) is 5.69 Å². The van der Waals surface area contributed by atoms with Crippen LogP contribution >= 0.6 is 0 Å². The van der Waals surface area contributed by atoms with E-state index in [1.54, 1.807) is 20.2 Å². The van der Waals surface area contributed by atoms with E-state index in [-0.39, 0.29) is 34.3 Å². The number of nitrogens with two attached hydrogens (primary N) is 1. The molecule has 1 aromatic heterocycles. The molecule has 2 aromatic rings. The Morgan fingerprint density at radius 3 is 2.46 bits per heavy atom. The summed E-state index contributed by atoms with van der Waals surface area (Å²) in [5.41, 5.74) is 5.74. The van der Waals surface area contributed by atoms with Gasteiger partial charge in [-0.1, -0.05) is 0 Å². The fourth-order valence-electron chi connectivity index (χ4n) is 2.78. The van der Waals surface area contributed by atoms with Crippen LogP contribution in [0.1, 0.15) is 31.1 Å². The number of ether oxygens (including phenoxy) is 1. The first-order valence-electron chi connectivity index (χ1n) is 7.57. The molecule has 26 heavy (non-hydrogen) atoms. The summed E-state index contributed by atoms with van der Waals surface area (Å²) in [5.74, 6) is -1.57. The van der Waals surface area contributed by atoms with Gasteiger partial charge in [-0.15, -0.1) is 0 Å². The topological polar surface area (TPSA) is 124 Å². The highest BCUT2D eigenvalue weighted by Crippen LogP contribution is 2.29. The predicted molar refractivity (Wildman–Crippen MR) is 92.8 cm³/mol. The normalized spacial score (nSPS) is 12.6. The fraction of sp³-hybridized carbons (Fsp3) is 0.176. The summed E-state index contributed by atoms with van der Waals surface area (Å²) in [4.78, 5) is 49.9. The first-order valence-corrected chi connectivity index (χ1v) is 7.57. The maximum atomic E-state index is 12.6. The molecule has 0 saturated heterocycles. The molecule has 0 unspecified atom stereocenters. The number of carbonyl (C=O) groups is 3. The van der Waals surface area contributed by atoms with Crippen molar-refractivity contribution in [3.8, 4) is 11.4 Å². The minimum Gasteiger partial charge on any atom is -0.495 e. The van der Waals surface area contributed by atoms with Crippen LogP contribution < -0.4 is 21.3 Å². The van der Waals surface area contributed by atoms with Gasteiger partial charge in [0.05, 0.1) is 23.9 Å². The number of pyridine rings is 1. The van der Waals surface area contributed by atoms with Gasteiger partial charge in [-0.05, 0) is 18.2 Å². The zero-order valence-corrected chi connectivity index (χ0v) is 14.3. The molecule has 0 spiro atoms. The Hall–Kier alpha value is -3.62. The van der Waals surface area contributed by atoms with Gasteiger partial charge in [-0.2, -0.15) is 0 Å². The third kappa shape index (κ3) is 2.50. The third-order valence-electron chi connectivity index (χ3n) is 4.03. The number of nitrogens with one attached hydrogen (secondary N) is 1. The van der Waals surface area contributed by atoms with Crippen LogP contribution in [-0.2, 0) is 0 Å². The molecule has 1 aromatic carbocycles. The number of rotatable bonds is 3.